The molecule has 176 valence electrons. The van der Waals surface area contributed by atoms with Crippen LogP contribution in [0.1, 0.15) is 48.8 Å². The van der Waals surface area contributed by atoms with Crippen LogP contribution in [0.2, 0.25) is 0 Å². The summed E-state index contributed by atoms with van der Waals surface area (Å²) in [5.74, 6) is 2.23. The molecule has 3 aromatic rings. The van der Waals surface area contributed by atoms with E-state index in [-0.39, 0.29) is 17.2 Å². The van der Waals surface area contributed by atoms with E-state index in [2.05, 4.69) is 22.0 Å². The van der Waals surface area contributed by atoms with Crippen molar-refractivity contribution >= 4 is 21.6 Å². The molecule has 2 aliphatic rings. The Bertz CT molecular complexity index is 1310. The van der Waals surface area contributed by atoms with E-state index in [9.17, 15) is 9.59 Å². The normalized spacial score (nSPS) is 20.3. The van der Waals surface area contributed by atoms with E-state index in [0.717, 1.165) is 37.2 Å². The zero-order valence-electron chi connectivity index (χ0n) is 19.6. The van der Waals surface area contributed by atoms with Gasteiger partial charge < -0.3 is 19.4 Å². The van der Waals surface area contributed by atoms with Crippen LogP contribution >= 0.6 is 11.3 Å². The van der Waals surface area contributed by atoms with Crippen molar-refractivity contribution in [3.63, 3.8) is 0 Å². The van der Waals surface area contributed by atoms with Crippen LogP contribution in [-0.2, 0) is 13.0 Å². The van der Waals surface area contributed by atoms with Gasteiger partial charge in [0.2, 0.25) is 0 Å². The fraction of sp³-hybridized carbons (Fsp3) is 0.520. The van der Waals surface area contributed by atoms with Gasteiger partial charge in [-0.1, -0.05) is 37.3 Å². The summed E-state index contributed by atoms with van der Waals surface area (Å²) in [6, 6.07) is 6.36. The van der Waals surface area contributed by atoms with E-state index in [1.807, 2.05) is 19.9 Å². The first-order valence-corrected chi connectivity index (χ1v) is 12.5. The fourth-order valence-corrected chi connectivity index (χ4v) is 6.89. The lowest BCUT2D eigenvalue weighted by molar-refractivity contribution is 0.303. The molecule has 1 aliphatic heterocycles. The van der Waals surface area contributed by atoms with E-state index in [1.54, 1.807) is 14.2 Å². The monoisotopic (exact) mass is 469 g/mol. The molecule has 0 amide bonds. The van der Waals surface area contributed by atoms with Crippen LogP contribution in [0.25, 0.3) is 10.2 Å². The van der Waals surface area contributed by atoms with Crippen molar-refractivity contribution in [1.82, 2.24) is 14.5 Å². The summed E-state index contributed by atoms with van der Waals surface area (Å²) in [4.78, 5) is 31.4. The summed E-state index contributed by atoms with van der Waals surface area (Å²) in [5, 5.41) is 0.697. The number of aromatic nitrogens is 2. The predicted octanol–water partition coefficient (Wildman–Crippen LogP) is 3.55. The molecule has 8 heteroatoms. The van der Waals surface area contributed by atoms with Gasteiger partial charge in [0.25, 0.3) is 5.56 Å². The molecule has 5 rings (SSSR count). The number of aromatic amines is 1. The van der Waals surface area contributed by atoms with Crippen LogP contribution in [-0.4, -0.2) is 48.3 Å². The first-order valence-electron chi connectivity index (χ1n) is 11.6. The summed E-state index contributed by atoms with van der Waals surface area (Å²) in [5.41, 5.74) is 3.69. The Morgan fingerprint density at radius 1 is 1.15 bits per heavy atom. The Labute approximate surface area is 197 Å². The lowest BCUT2D eigenvalue weighted by atomic mass is 9.77. The zero-order chi connectivity index (χ0) is 23.3. The third kappa shape index (κ3) is 3.69. The van der Waals surface area contributed by atoms with Crippen molar-refractivity contribution in [2.24, 2.45) is 5.92 Å². The number of thiophene rings is 1. The van der Waals surface area contributed by atoms with E-state index < -0.39 is 0 Å². The third-order valence-electron chi connectivity index (χ3n) is 7.30. The Hall–Kier alpha value is -2.58. The van der Waals surface area contributed by atoms with E-state index in [0.29, 0.717) is 40.2 Å². The van der Waals surface area contributed by atoms with Crippen molar-refractivity contribution in [3.05, 3.63) is 55.7 Å². The molecule has 0 bridgehead atoms. The quantitative estimate of drug-likeness (QED) is 0.598. The lowest BCUT2D eigenvalue weighted by Gasteiger charge is -2.28. The van der Waals surface area contributed by atoms with Gasteiger partial charge in [0.15, 0.2) is 5.06 Å². The molecule has 0 unspecified atom stereocenters. The summed E-state index contributed by atoms with van der Waals surface area (Å²) in [6.45, 7) is 7.08. The molecule has 7 nitrogen and oxygen atoms in total. The summed E-state index contributed by atoms with van der Waals surface area (Å²) in [6.07, 6.45) is 2.19. The Kier molecular flexibility index (Phi) is 5.82. The minimum absolute atomic E-state index is 0.147. The zero-order valence-corrected chi connectivity index (χ0v) is 20.5. The first-order chi connectivity index (χ1) is 15.9. The van der Waals surface area contributed by atoms with Gasteiger partial charge in [-0.25, -0.2) is 4.79 Å². The number of fused-ring (bicyclic) bond motifs is 4. The second-order valence-electron chi connectivity index (χ2n) is 9.45. The number of H-pyrrole nitrogens is 1. The highest BCUT2D eigenvalue weighted by atomic mass is 32.1. The molecule has 3 heterocycles. The van der Waals surface area contributed by atoms with Crippen LogP contribution in [0.15, 0.2) is 27.8 Å². The summed E-state index contributed by atoms with van der Waals surface area (Å²) in [7, 11) is 3.34. The molecule has 1 aliphatic carbocycles. The van der Waals surface area contributed by atoms with Gasteiger partial charge in [0, 0.05) is 37.7 Å². The molecular weight excluding hydrogens is 438 g/mol. The second-order valence-corrected chi connectivity index (χ2v) is 10.4. The van der Waals surface area contributed by atoms with Gasteiger partial charge in [0.05, 0.1) is 19.7 Å². The highest BCUT2D eigenvalue weighted by molar-refractivity contribution is 7.20. The number of benzene rings is 1. The second kappa shape index (κ2) is 8.65. The van der Waals surface area contributed by atoms with Crippen LogP contribution in [0.3, 0.4) is 0 Å². The largest absolute Gasteiger partial charge is 0.496 e. The Balaban J connectivity index is 1.38. The fourth-order valence-electron chi connectivity index (χ4n) is 5.71. The summed E-state index contributed by atoms with van der Waals surface area (Å²) >= 11 is 1.32. The smallest absolute Gasteiger partial charge is 0.328 e. The molecule has 1 saturated heterocycles. The number of likely N-dealkylation sites (tertiary alicyclic amines) is 1. The minimum Gasteiger partial charge on any atom is -0.496 e. The van der Waals surface area contributed by atoms with Gasteiger partial charge in [-0.3, -0.25) is 9.36 Å². The van der Waals surface area contributed by atoms with Crippen molar-refractivity contribution in [3.8, 4) is 10.8 Å². The highest BCUT2D eigenvalue weighted by Crippen LogP contribution is 2.44. The topological polar surface area (TPSA) is 76.6 Å². The maximum atomic E-state index is 13.2. The average molecular weight is 470 g/mol. The molecular formula is C25H31N3O4S. The lowest BCUT2D eigenvalue weighted by Crippen LogP contribution is -2.38. The number of nitrogens with one attached hydrogen (secondary N) is 1. The van der Waals surface area contributed by atoms with Crippen molar-refractivity contribution in [2.75, 3.05) is 33.9 Å². The van der Waals surface area contributed by atoms with Crippen LogP contribution in [0.5, 0.6) is 10.8 Å². The van der Waals surface area contributed by atoms with Crippen molar-refractivity contribution < 1.29 is 9.47 Å². The average Bonchev–Trinajstić information content (AvgIpc) is 3.39. The molecule has 1 fully saturated rings. The first kappa shape index (κ1) is 22.2. The highest BCUT2D eigenvalue weighted by Gasteiger charge is 2.38. The minimum atomic E-state index is -0.346. The SMILES string of the molecule is COc1cccc2c1CC[C@H]1CN(CCn3c(=O)[nH]c4c(C(C)C)c(OC)sc4c3=O)C[C@@H]21. The number of nitrogens with zero attached hydrogens (tertiary/aromatic N) is 2. The number of hydrogen-bond donors (Lipinski definition) is 1. The molecule has 2 aromatic heterocycles. The molecule has 1 N–H and O–H groups in total. The summed E-state index contributed by atoms with van der Waals surface area (Å²) < 4.78 is 13.0. The number of rotatable bonds is 6. The van der Waals surface area contributed by atoms with Gasteiger partial charge in [-0.05, 0) is 41.9 Å². The van der Waals surface area contributed by atoms with E-state index >= 15 is 0 Å². The molecule has 33 heavy (non-hydrogen) atoms. The van der Waals surface area contributed by atoms with Crippen LogP contribution in [0.4, 0.5) is 0 Å². The van der Waals surface area contributed by atoms with Crippen LogP contribution in [0, 0.1) is 5.92 Å². The van der Waals surface area contributed by atoms with E-state index in [4.69, 9.17) is 9.47 Å². The predicted molar refractivity (Wildman–Crippen MR) is 131 cm³/mol. The third-order valence-corrected chi connectivity index (χ3v) is 8.46. The Morgan fingerprint density at radius 3 is 2.70 bits per heavy atom. The molecule has 1 aromatic carbocycles. The number of methoxy groups -OCH3 is 2. The van der Waals surface area contributed by atoms with Gasteiger partial charge >= 0.3 is 5.69 Å². The maximum absolute atomic E-state index is 13.2. The van der Waals surface area contributed by atoms with Crippen molar-refractivity contribution in [2.45, 2.75) is 45.1 Å². The molecule has 0 spiro atoms. The van der Waals surface area contributed by atoms with E-state index in [1.165, 1.54) is 27.0 Å². The van der Waals surface area contributed by atoms with Crippen molar-refractivity contribution in [1.29, 1.82) is 0 Å². The Morgan fingerprint density at radius 2 is 1.97 bits per heavy atom. The number of hydrogen-bond acceptors (Lipinski definition) is 6. The number of ether oxygens (including phenoxy) is 2. The van der Waals surface area contributed by atoms with Gasteiger partial charge in [-0.15, -0.1) is 0 Å². The van der Waals surface area contributed by atoms with Crippen LogP contribution < -0.4 is 20.7 Å². The molecule has 2 atom stereocenters. The van der Waals surface area contributed by atoms with Gasteiger partial charge in [-0.2, -0.15) is 0 Å². The maximum Gasteiger partial charge on any atom is 0.328 e. The standard InChI is InChI=1S/C25H31N3O4S/c1-14(2)20-21-22(33-24(20)32-4)23(29)28(25(30)26-21)11-10-27-12-15-8-9-17-16(18(15)13-27)6-5-7-19(17)31-3/h5-7,14-15,18H,8-13H2,1-4H3,(H,26,30)/t15-,18+/m0/s1. The molecule has 0 saturated carbocycles. The molecule has 0 radical (unpaired) electrons. The van der Waals surface area contributed by atoms with Gasteiger partial charge in [0.1, 0.15) is 10.4 Å².